The molecule has 0 aliphatic heterocycles. The van der Waals surface area contributed by atoms with E-state index in [1.54, 1.807) is 24.3 Å². The van der Waals surface area contributed by atoms with Gasteiger partial charge in [0.2, 0.25) is 0 Å². The van der Waals surface area contributed by atoms with E-state index in [-0.39, 0.29) is 17.8 Å². The summed E-state index contributed by atoms with van der Waals surface area (Å²) in [7, 11) is 0. The number of esters is 2. The molecule has 220 valence electrons. The van der Waals surface area contributed by atoms with E-state index in [0.29, 0.717) is 35.1 Å². The van der Waals surface area contributed by atoms with Crippen molar-refractivity contribution in [3.8, 4) is 22.3 Å². The highest BCUT2D eigenvalue weighted by atomic mass is 19.4. The Morgan fingerprint density at radius 2 is 1.15 bits per heavy atom. The normalized spacial score (nSPS) is 13.4. The molecule has 0 saturated heterocycles. The monoisotopic (exact) mass is 582 g/mol. The number of halogens is 6. The van der Waals surface area contributed by atoms with E-state index in [1.165, 1.54) is 36.7 Å². The lowest BCUT2D eigenvalue weighted by molar-refractivity contribution is -0.206. The SMILES string of the molecule is CCCCCC[C@H](OC(=O)c1ccc(-c2ccc(-c3ccc(C(=O)O[C@@H](C)C(F)(F)F)nc3)cc2)cn1)C(F)(F)F. The molecule has 41 heavy (non-hydrogen) atoms. The fourth-order valence-electron chi connectivity index (χ4n) is 3.75. The van der Waals surface area contributed by atoms with Crippen molar-refractivity contribution in [1.29, 1.82) is 0 Å². The molecule has 1 aromatic carbocycles. The molecule has 0 unspecified atom stereocenters. The largest absolute Gasteiger partial charge is 0.448 e. The maximum absolute atomic E-state index is 13.3. The van der Waals surface area contributed by atoms with Gasteiger partial charge < -0.3 is 9.47 Å². The summed E-state index contributed by atoms with van der Waals surface area (Å²) in [6, 6.07) is 12.5. The van der Waals surface area contributed by atoms with Crippen LogP contribution in [0.5, 0.6) is 0 Å². The Kier molecular flexibility index (Phi) is 10.5. The van der Waals surface area contributed by atoms with Crippen molar-refractivity contribution in [2.24, 2.45) is 0 Å². The number of hydrogen-bond donors (Lipinski definition) is 0. The molecular formula is C29H28F6N2O4. The third-order valence-corrected chi connectivity index (χ3v) is 6.18. The number of carbonyl (C=O) groups excluding carboxylic acids is 2. The zero-order valence-electron chi connectivity index (χ0n) is 22.3. The van der Waals surface area contributed by atoms with Gasteiger partial charge in [0.1, 0.15) is 11.4 Å². The van der Waals surface area contributed by atoms with Crippen molar-refractivity contribution in [3.63, 3.8) is 0 Å². The standard InChI is InChI=1S/C29H28F6N2O4/c1-3-4-5-6-7-25(29(33,34)35)41-27(39)24-15-13-22(17-37-24)20-10-8-19(9-11-20)21-12-14-23(36-16-21)26(38)40-18(2)28(30,31)32/h8-18,25H,3-7H2,1-2H3/t18-,25-/m0/s1. The lowest BCUT2D eigenvalue weighted by Crippen LogP contribution is -2.34. The molecule has 3 rings (SSSR count). The molecule has 3 aromatic rings. The maximum atomic E-state index is 13.3. The van der Waals surface area contributed by atoms with Crippen LogP contribution in [0.1, 0.15) is 66.9 Å². The molecule has 0 aliphatic rings. The first-order chi connectivity index (χ1) is 19.3. The first-order valence-electron chi connectivity index (χ1n) is 12.9. The van der Waals surface area contributed by atoms with Gasteiger partial charge in [-0.15, -0.1) is 0 Å². The summed E-state index contributed by atoms with van der Waals surface area (Å²) < 4.78 is 86.9. The molecule has 2 aromatic heterocycles. The third-order valence-electron chi connectivity index (χ3n) is 6.18. The van der Waals surface area contributed by atoms with Crippen LogP contribution in [0, 0.1) is 0 Å². The topological polar surface area (TPSA) is 78.4 Å². The Morgan fingerprint density at radius 1 is 0.683 bits per heavy atom. The number of nitrogens with zero attached hydrogens (tertiary/aromatic N) is 2. The molecule has 2 heterocycles. The Labute approximate surface area is 232 Å². The van der Waals surface area contributed by atoms with Gasteiger partial charge in [-0.3, -0.25) is 0 Å². The van der Waals surface area contributed by atoms with Crippen LogP contribution in [0.2, 0.25) is 0 Å². The fraction of sp³-hybridized carbons (Fsp3) is 0.379. The minimum atomic E-state index is -4.68. The number of carbonyl (C=O) groups is 2. The molecular weight excluding hydrogens is 554 g/mol. The number of unbranched alkanes of at least 4 members (excludes halogenated alkanes) is 3. The summed E-state index contributed by atoms with van der Waals surface area (Å²) in [6.07, 6.45) is -8.87. The first kappa shape index (κ1) is 31.6. The molecule has 2 atom stereocenters. The minimum absolute atomic E-state index is 0.248. The number of aromatic nitrogens is 2. The predicted molar refractivity (Wildman–Crippen MR) is 138 cm³/mol. The molecule has 12 heteroatoms. The lowest BCUT2D eigenvalue weighted by atomic mass is 10.0. The van der Waals surface area contributed by atoms with Gasteiger partial charge in [-0.2, -0.15) is 26.3 Å². The van der Waals surface area contributed by atoms with Crippen LogP contribution in [-0.4, -0.2) is 46.5 Å². The third kappa shape index (κ3) is 9.02. The van der Waals surface area contributed by atoms with Gasteiger partial charge >= 0.3 is 24.3 Å². The highest BCUT2D eigenvalue weighted by molar-refractivity contribution is 5.88. The summed E-state index contributed by atoms with van der Waals surface area (Å²) in [5, 5.41) is 0. The molecule has 6 nitrogen and oxygen atoms in total. The van der Waals surface area contributed by atoms with Gasteiger partial charge in [-0.25, -0.2) is 19.6 Å². The zero-order valence-corrected chi connectivity index (χ0v) is 22.3. The van der Waals surface area contributed by atoms with Crippen LogP contribution in [0.4, 0.5) is 26.3 Å². The summed E-state index contributed by atoms with van der Waals surface area (Å²) in [4.78, 5) is 32.1. The van der Waals surface area contributed by atoms with Crippen LogP contribution in [0.25, 0.3) is 22.3 Å². The van der Waals surface area contributed by atoms with Crippen molar-refractivity contribution in [3.05, 3.63) is 72.3 Å². The van der Waals surface area contributed by atoms with Crippen LogP contribution in [0.3, 0.4) is 0 Å². The van der Waals surface area contributed by atoms with Gasteiger partial charge in [-0.1, -0.05) is 62.6 Å². The van der Waals surface area contributed by atoms with Gasteiger partial charge in [0.15, 0.2) is 12.2 Å². The highest BCUT2D eigenvalue weighted by Crippen LogP contribution is 2.29. The van der Waals surface area contributed by atoms with Crippen LogP contribution < -0.4 is 0 Å². The van der Waals surface area contributed by atoms with Crippen molar-refractivity contribution >= 4 is 11.9 Å². The lowest BCUT2D eigenvalue weighted by Gasteiger charge is -2.20. The van der Waals surface area contributed by atoms with E-state index in [0.717, 1.165) is 19.8 Å². The van der Waals surface area contributed by atoms with Crippen molar-refractivity contribution < 1.29 is 45.4 Å². The molecule has 0 amide bonds. The molecule has 0 aliphatic carbocycles. The second-order valence-corrected chi connectivity index (χ2v) is 9.32. The van der Waals surface area contributed by atoms with Crippen LogP contribution in [0.15, 0.2) is 60.9 Å². The Balaban J connectivity index is 1.63. The number of rotatable bonds is 11. The Morgan fingerprint density at radius 3 is 1.54 bits per heavy atom. The second kappa shape index (κ2) is 13.6. The number of alkyl halides is 6. The molecule has 0 bridgehead atoms. The van der Waals surface area contributed by atoms with E-state index in [4.69, 9.17) is 4.74 Å². The first-order valence-corrected chi connectivity index (χ1v) is 12.9. The summed E-state index contributed by atoms with van der Waals surface area (Å²) in [5.74, 6) is -2.35. The summed E-state index contributed by atoms with van der Waals surface area (Å²) in [6.45, 7) is 2.67. The predicted octanol–water partition coefficient (Wildman–Crippen LogP) is 7.98. The fourth-order valence-corrected chi connectivity index (χ4v) is 3.75. The maximum Gasteiger partial charge on any atom is 0.425 e. The molecule has 0 N–H and O–H groups in total. The van der Waals surface area contributed by atoms with Crippen molar-refractivity contribution in [1.82, 2.24) is 9.97 Å². The van der Waals surface area contributed by atoms with Crippen LogP contribution in [-0.2, 0) is 9.47 Å². The summed E-state index contributed by atoms with van der Waals surface area (Å²) in [5.41, 5.74) is 2.04. The quantitative estimate of drug-likeness (QED) is 0.130. The average molecular weight is 583 g/mol. The molecule has 0 saturated carbocycles. The highest BCUT2D eigenvalue weighted by Gasteiger charge is 2.42. The van der Waals surface area contributed by atoms with Gasteiger partial charge in [0.05, 0.1) is 0 Å². The van der Waals surface area contributed by atoms with Gasteiger partial charge in [-0.05, 0) is 43.0 Å². The summed E-state index contributed by atoms with van der Waals surface area (Å²) >= 11 is 0. The second-order valence-electron chi connectivity index (χ2n) is 9.32. The smallest absolute Gasteiger partial charge is 0.425 e. The van der Waals surface area contributed by atoms with Gasteiger partial charge in [0.25, 0.3) is 0 Å². The average Bonchev–Trinajstić information content (AvgIpc) is 2.93. The molecule has 0 fully saturated rings. The number of ether oxygens (including phenoxy) is 2. The van der Waals surface area contributed by atoms with Gasteiger partial charge in [0, 0.05) is 23.5 Å². The number of hydrogen-bond acceptors (Lipinski definition) is 6. The Hall–Kier alpha value is -3.96. The van der Waals surface area contributed by atoms with E-state index in [9.17, 15) is 35.9 Å². The molecule has 0 spiro atoms. The Bertz CT molecular complexity index is 1290. The number of benzene rings is 1. The number of pyridine rings is 2. The van der Waals surface area contributed by atoms with E-state index >= 15 is 0 Å². The van der Waals surface area contributed by atoms with Crippen molar-refractivity contribution in [2.45, 2.75) is 70.5 Å². The van der Waals surface area contributed by atoms with E-state index in [1.807, 2.05) is 6.92 Å². The van der Waals surface area contributed by atoms with Crippen molar-refractivity contribution in [2.75, 3.05) is 0 Å². The molecule has 0 radical (unpaired) electrons. The van der Waals surface area contributed by atoms with E-state index < -0.39 is 36.5 Å². The minimum Gasteiger partial charge on any atom is -0.448 e. The van der Waals surface area contributed by atoms with Crippen LogP contribution >= 0.6 is 0 Å². The van der Waals surface area contributed by atoms with E-state index in [2.05, 4.69) is 14.7 Å². The zero-order chi connectivity index (χ0) is 30.2.